The molecule has 288 valence electrons. The summed E-state index contributed by atoms with van der Waals surface area (Å²) >= 11 is 0. The number of unbranched alkanes of at least 4 members (excludes halogenated alkanes) is 1. The van der Waals surface area contributed by atoms with Gasteiger partial charge in [-0.3, -0.25) is 14.4 Å². The van der Waals surface area contributed by atoms with Gasteiger partial charge in [-0.25, -0.2) is 4.79 Å². The predicted octanol–water partition coefficient (Wildman–Crippen LogP) is 9.18. The molecule has 0 heterocycles. The number of carboxylic acid groups (broad SMARTS) is 1. The SMILES string of the molecule is CCC(C)(C)C(=O)O.CCCCOC(=O)c1ccc(-c2ccc(OCCOCCOC(=O)C(C)(C)CC)cc2)cc1.CCOC(=O)C(C)(C)CC. The van der Waals surface area contributed by atoms with Crippen molar-refractivity contribution in [3.8, 4) is 16.9 Å². The van der Waals surface area contributed by atoms with Crippen LogP contribution in [0.15, 0.2) is 48.5 Å². The van der Waals surface area contributed by atoms with E-state index in [9.17, 15) is 19.2 Å². The predicted molar refractivity (Wildman–Crippen MR) is 201 cm³/mol. The molecule has 0 unspecified atom stereocenters. The summed E-state index contributed by atoms with van der Waals surface area (Å²) in [4.78, 5) is 45.2. The molecular formula is C41H64O10. The smallest absolute Gasteiger partial charge is 0.338 e. The molecule has 0 bridgehead atoms. The van der Waals surface area contributed by atoms with Gasteiger partial charge in [0.1, 0.15) is 19.0 Å². The lowest BCUT2D eigenvalue weighted by atomic mass is 9.91. The summed E-state index contributed by atoms with van der Waals surface area (Å²) in [5.41, 5.74) is 1.28. The normalized spacial score (nSPS) is 11.2. The Bertz CT molecular complexity index is 1290. The fourth-order valence-electron chi connectivity index (χ4n) is 3.41. The Kier molecular flexibility index (Phi) is 22.4. The van der Waals surface area contributed by atoms with Crippen molar-refractivity contribution in [3.63, 3.8) is 0 Å². The van der Waals surface area contributed by atoms with E-state index in [1.54, 1.807) is 26.0 Å². The molecular weight excluding hydrogens is 652 g/mol. The second-order valence-electron chi connectivity index (χ2n) is 13.9. The first-order chi connectivity index (χ1) is 23.9. The van der Waals surface area contributed by atoms with Crippen molar-refractivity contribution < 1.29 is 48.0 Å². The Morgan fingerprint density at radius 2 is 1.04 bits per heavy atom. The maximum absolute atomic E-state index is 12.0. The van der Waals surface area contributed by atoms with Gasteiger partial charge < -0.3 is 28.8 Å². The third-order valence-electron chi connectivity index (χ3n) is 8.61. The summed E-state index contributed by atoms with van der Waals surface area (Å²) in [6, 6.07) is 15.1. The van der Waals surface area contributed by atoms with Gasteiger partial charge in [0.2, 0.25) is 0 Å². The minimum Gasteiger partial charge on any atom is -0.491 e. The lowest BCUT2D eigenvalue weighted by Gasteiger charge is -2.20. The third kappa shape index (κ3) is 18.8. The minimum absolute atomic E-state index is 0.0995. The molecule has 2 aromatic carbocycles. The number of aliphatic carboxylic acids is 1. The molecule has 10 nitrogen and oxygen atoms in total. The number of hydrogen-bond donors (Lipinski definition) is 1. The van der Waals surface area contributed by atoms with Crippen molar-refractivity contribution in [2.45, 2.75) is 108 Å². The Morgan fingerprint density at radius 3 is 1.47 bits per heavy atom. The van der Waals surface area contributed by atoms with Crippen LogP contribution in [0.2, 0.25) is 0 Å². The lowest BCUT2D eigenvalue weighted by Crippen LogP contribution is -2.27. The summed E-state index contributed by atoms with van der Waals surface area (Å²) in [6.45, 7) is 23.0. The number of ether oxygens (including phenoxy) is 5. The minimum atomic E-state index is -0.722. The van der Waals surface area contributed by atoms with Gasteiger partial charge >= 0.3 is 23.9 Å². The molecule has 0 saturated heterocycles. The molecule has 0 spiro atoms. The van der Waals surface area contributed by atoms with Crippen LogP contribution in [-0.4, -0.2) is 68.6 Å². The van der Waals surface area contributed by atoms with E-state index in [0.29, 0.717) is 45.0 Å². The average molecular weight is 717 g/mol. The van der Waals surface area contributed by atoms with Gasteiger partial charge in [0.25, 0.3) is 0 Å². The molecule has 0 amide bonds. The molecule has 51 heavy (non-hydrogen) atoms. The van der Waals surface area contributed by atoms with E-state index in [2.05, 4.69) is 6.92 Å². The fraction of sp³-hybridized carbons (Fsp3) is 0.610. The molecule has 0 saturated carbocycles. The second-order valence-corrected chi connectivity index (χ2v) is 13.9. The fourth-order valence-corrected chi connectivity index (χ4v) is 3.41. The van der Waals surface area contributed by atoms with Crippen molar-refractivity contribution >= 4 is 23.9 Å². The molecule has 0 atom stereocenters. The number of esters is 3. The number of carbonyl (C=O) groups excluding carboxylic acids is 3. The quantitative estimate of drug-likeness (QED) is 0.0852. The van der Waals surface area contributed by atoms with Gasteiger partial charge in [0.15, 0.2) is 0 Å². The zero-order valence-electron chi connectivity index (χ0n) is 33.0. The highest BCUT2D eigenvalue weighted by atomic mass is 16.6. The first-order valence-electron chi connectivity index (χ1n) is 18.1. The van der Waals surface area contributed by atoms with Gasteiger partial charge in [-0.15, -0.1) is 0 Å². The molecule has 0 radical (unpaired) electrons. The Labute approximate surface area is 306 Å². The van der Waals surface area contributed by atoms with Crippen molar-refractivity contribution in [2.75, 3.05) is 39.6 Å². The number of carbonyl (C=O) groups is 4. The monoisotopic (exact) mass is 716 g/mol. The van der Waals surface area contributed by atoms with Crippen LogP contribution >= 0.6 is 0 Å². The standard InChI is InChI=1S/C27H36O6.C8H16O2.C6H12O2/c1-5-7-16-32-25(28)23-10-8-21(9-11-23)22-12-14-24(15-13-22)31-19-17-30-18-20-33-26(29)27(3,4)6-2;1-5-8(3,4)7(9)10-6-2;1-4-6(2,3)5(7)8/h8-15H,5-7,16-20H2,1-4H3;5-6H2,1-4H3;4H2,1-3H3,(H,7,8). The molecule has 0 aromatic heterocycles. The maximum atomic E-state index is 12.0. The van der Waals surface area contributed by atoms with Crippen molar-refractivity contribution in [3.05, 3.63) is 54.1 Å². The average Bonchev–Trinajstić information content (AvgIpc) is 3.12. The number of hydrogen-bond acceptors (Lipinski definition) is 9. The van der Waals surface area contributed by atoms with Crippen LogP contribution in [-0.2, 0) is 33.3 Å². The number of carboxylic acids is 1. The topological polar surface area (TPSA) is 135 Å². The zero-order valence-corrected chi connectivity index (χ0v) is 33.0. The van der Waals surface area contributed by atoms with Crippen molar-refractivity contribution in [1.82, 2.24) is 0 Å². The third-order valence-corrected chi connectivity index (χ3v) is 8.61. The van der Waals surface area contributed by atoms with Crippen LogP contribution in [0.3, 0.4) is 0 Å². The number of benzene rings is 2. The molecule has 0 aliphatic heterocycles. The summed E-state index contributed by atoms with van der Waals surface area (Å²) in [5, 5.41) is 8.44. The van der Waals surface area contributed by atoms with E-state index in [1.807, 2.05) is 91.8 Å². The van der Waals surface area contributed by atoms with E-state index in [-0.39, 0.29) is 29.9 Å². The highest BCUT2D eigenvalue weighted by Gasteiger charge is 2.27. The zero-order chi connectivity index (χ0) is 39.1. The van der Waals surface area contributed by atoms with Crippen molar-refractivity contribution in [2.24, 2.45) is 16.2 Å². The maximum Gasteiger partial charge on any atom is 0.338 e. The summed E-state index contributed by atoms with van der Waals surface area (Å²) in [6.07, 6.45) is 4.11. The van der Waals surface area contributed by atoms with Gasteiger partial charge in [0.05, 0.1) is 48.2 Å². The molecule has 0 aliphatic carbocycles. The Hall–Kier alpha value is -3.92. The largest absolute Gasteiger partial charge is 0.491 e. The molecule has 0 aliphatic rings. The van der Waals surface area contributed by atoms with E-state index in [0.717, 1.165) is 42.6 Å². The van der Waals surface area contributed by atoms with E-state index >= 15 is 0 Å². The molecule has 2 aromatic rings. The second kappa shape index (κ2) is 24.3. The molecule has 1 N–H and O–H groups in total. The van der Waals surface area contributed by atoms with Crippen molar-refractivity contribution in [1.29, 1.82) is 0 Å². The van der Waals surface area contributed by atoms with Crippen LogP contribution in [0.1, 0.15) is 119 Å². The first kappa shape index (κ1) is 47.1. The Morgan fingerprint density at radius 1 is 0.569 bits per heavy atom. The van der Waals surface area contributed by atoms with Gasteiger partial charge in [0, 0.05) is 0 Å². The van der Waals surface area contributed by atoms with Crippen LogP contribution in [0.4, 0.5) is 0 Å². The Balaban J connectivity index is 0.00000114. The van der Waals surface area contributed by atoms with Crippen LogP contribution in [0, 0.1) is 16.2 Å². The lowest BCUT2D eigenvalue weighted by molar-refractivity contribution is -0.156. The van der Waals surface area contributed by atoms with Gasteiger partial charge in [-0.2, -0.15) is 0 Å². The molecule has 10 heteroatoms. The van der Waals surface area contributed by atoms with E-state index < -0.39 is 16.8 Å². The first-order valence-corrected chi connectivity index (χ1v) is 18.1. The highest BCUT2D eigenvalue weighted by molar-refractivity contribution is 5.90. The summed E-state index contributed by atoms with van der Waals surface area (Å²) in [7, 11) is 0. The van der Waals surface area contributed by atoms with Crippen LogP contribution in [0.5, 0.6) is 5.75 Å². The summed E-state index contributed by atoms with van der Waals surface area (Å²) < 4.78 is 26.5. The highest BCUT2D eigenvalue weighted by Crippen LogP contribution is 2.24. The summed E-state index contributed by atoms with van der Waals surface area (Å²) in [5.74, 6) is -0.567. The van der Waals surface area contributed by atoms with E-state index in [1.165, 1.54) is 0 Å². The van der Waals surface area contributed by atoms with Gasteiger partial charge in [-0.05, 0) is 110 Å². The number of rotatable bonds is 19. The van der Waals surface area contributed by atoms with E-state index in [4.69, 9.17) is 28.8 Å². The van der Waals surface area contributed by atoms with Crippen LogP contribution < -0.4 is 4.74 Å². The van der Waals surface area contributed by atoms with Gasteiger partial charge in [-0.1, -0.05) is 58.4 Å². The van der Waals surface area contributed by atoms with Crippen LogP contribution in [0.25, 0.3) is 11.1 Å². The molecule has 2 rings (SSSR count). The molecule has 0 fully saturated rings.